The van der Waals surface area contributed by atoms with Crippen molar-refractivity contribution >= 4 is 38.9 Å². The third-order valence-corrected chi connectivity index (χ3v) is 8.34. The smallest absolute Gasteiger partial charge is 0.0568 e. The maximum atomic E-state index is 2.43. The minimum Gasteiger partial charge on any atom is -0.310 e. The average Bonchev–Trinajstić information content (AvgIpc) is 3.44. The van der Waals surface area contributed by atoms with Gasteiger partial charge in [-0.15, -0.1) is 0 Å². The minimum absolute atomic E-state index is 1.12. The van der Waals surface area contributed by atoms with Gasteiger partial charge in [0, 0.05) is 27.8 Å². The largest absolute Gasteiger partial charge is 0.310 e. The van der Waals surface area contributed by atoms with Crippen LogP contribution in [-0.2, 0) is 0 Å². The Morgan fingerprint density at radius 2 is 0.841 bits per heavy atom. The lowest BCUT2D eigenvalue weighted by Crippen LogP contribution is -2.10. The maximum absolute atomic E-state index is 2.43. The van der Waals surface area contributed by atoms with E-state index in [0.717, 1.165) is 22.7 Å². The third-order valence-electron chi connectivity index (χ3n) is 8.34. The Kier molecular flexibility index (Phi) is 6.51. The molecule has 0 amide bonds. The fraction of sp³-hybridized carbons (Fsp3) is 0. The zero-order valence-corrected chi connectivity index (χ0v) is 24.2. The molecule has 1 aromatic heterocycles. The highest BCUT2D eigenvalue weighted by molar-refractivity contribution is 6.18. The van der Waals surface area contributed by atoms with Crippen LogP contribution in [0.5, 0.6) is 0 Å². The summed E-state index contributed by atoms with van der Waals surface area (Å²) in [6.07, 6.45) is 0. The first-order valence-electron chi connectivity index (χ1n) is 15.0. The normalized spacial score (nSPS) is 11.2. The van der Waals surface area contributed by atoms with Gasteiger partial charge in [-0.2, -0.15) is 0 Å². The molecule has 8 aromatic rings. The zero-order chi connectivity index (χ0) is 29.3. The van der Waals surface area contributed by atoms with Gasteiger partial charge >= 0.3 is 0 Å². The molecule has 0 atom stereocenters. The molecule has 7 aromatic carbocycles. The Labute approximate surface area is 257 Å². The van der Waals surface area contributed by atoms with E-state index in [4.69, 9.17) is 0 Å². The molecule has 1 heterocycles. The number of anilines is 3. The molecular formula is C42H30N2. The summed E-state index contributed by atoms with van der Waals surface area (Å²) in [7, 11) is 0. The van der Waals surface area contributed by atoms with Crippen molar-refractivity contribution < 1.29 is 0 Å². The number of fused-ring (bicyclic) bond motifs is 3. The average molecular weight is 563 g/mol. The van der Waals surface area contributed by atoms with Crippen LogP contribution in [0.2, 0.25) is 0 Å². The Morgan fingerprint density at radius 1 is 0.364 bits per heavy atom. The van der Waals surface area contributed by atoms with Crippen LogP contribution in [0.3, 0.4) is 0 Å². The summed E-state index contributed by atoms with van der Waals surface area (Å²) in [5.74, 6) is 0. The molecule has 0 N–H and O–H groups in total. The topological polar surface area (TPSA) is 8.17 Å². The molecule has 8 rings (SSSR count). The van der Waals surface area contributed by atoms with Gasteiger partial charge in [0.2, 0.25) is 0 Å². The fourth-order valence-electron chi connectivity index (χ4n) is 6.34. The molecule has 0 aliphatic heterocycles. The molecule has 0 aliphatic carbocycles. The number of rotatable bonds is 6. The third kappa shape index (κ3) is 4.54. The Morgan fingerprint density at radius 3 is 1.41 bits per heavy atom. The van der Waals surface area contributed by atoms with E-state index >= 15 is 0 Å². The van der Waals surface area contributed by atoms with Crippen LogP contribution >= 0.6 is 0 Å². The van der Waals surface area contributed by atoms with E-state index in [9.17, 15) is 0 Å². The Bertz CT molecular complexity index is 2150. The Balaban J connectivity index is 1.53. The van der Waals surface area contributed by atoms with Gasteiger partial charge < -0.3 is 9.47 Å². The molecule has 2 heteroatoms. The molecule has 0 aliphatic rings. The van der Waals surface area contributed by atoms with E-state index in [0.29, 0.717) is 0 Å². The molecule has 0 saturated heterocycles. The SMILES string of the molecule is c1ccc(-c2ccc3c4c(N(c5ccccc5)c5ccccc5)cc(-c5ccccc5)cc4n(-c4ccccc4)c3c2)cc1. The molecule has 0 fully saturated rings. The second-order valence-corrected chi connectivity index (χ2v) is 11.0. The molecule has 0 spiro atoms. The predicted octanol–water partition coefficient (Wildman–Crippen LogP) is 11.6. The van der Waals surface area contributed by atoms with Crippen molar-refractivity contribution in [2.75, 3.05) is 4.90 Å². The summed E-state index contributed by atoms with van der Waals surface area (Å²) in [6, 6.07) is 65.1. The van der Waals surface area contributed by atoms with Crippen LogP contribution in [0.4, 0.5) is 17.1 Å². The van der Waals surface area contributed by atoms with E-state index in [1.807, 2.05) is 0 Å². The van der Waals surface area contributed by atoms with E-state index < -0.39 is 0 Å². The highest BCUT2D eigenvalue weighted by atomic mass is 15.1. The van der Waals surface area contributed by atoms with Gasteiger partial charge in [-0.3, -0.25) is 0 Å². The summed E-state index contributed by atoms with van der Waals surface area (Å²) in [6.45, 7) is 0. The minimum atomic E-state index is 1.12. The van der Waals surface area contributed by atoms with Crippen LogP contribution in [0, 0.1) is 0 Å². The summed E-state index contributed by atoms with van der Waals surface area (Å²) >= 11 is 0. The quantitative estimate of drug-likeness (QED) is 0.196. The first-order chi connectivity index (χ1) is 21.8. The monoisotopic (exact) mass is 562 g/mol. The zero-order valence-electron chi connectivity index (χ0n) is 24.2. The number of hydrogen-bond acceptors (Lipinski definition) is 1. The van der Waals surface area contributed by atoms with Gasteiger partial charge in [0.1, 0.15) is 0 Å². The molecule has 0 bridgehead atoms. The molecule has 2 nitrogen and oxygen atoms in total. The lowest BCUT2D eigenvalue weighted by Gasteiger charge is -2.27. The van der Waals surface area contributed by atoms with Crippen molar-refractivity contribution in [3.05, 3.63) is 182 Å². The summed E-state index contributed by atoms with van der Waals surface area (Å²) in [5.41, 5.74) is 11.6. The summed E-state index contributed by atoms with van der Waals surface area (Å²) in [5, 5.41) is 2.44. The van der Waals surface area contributed by atoms with Gasteiger partial charge in [-0.25, -0.2) is 0 Å². The van der Waals surface area contributed by atoms with Crippen molar-refractivity contribution in [2.24, 2.45) is 0 Å². The summed E-state index contributed by atoms with van der Waals surface area (Å²) in [4.78, 5) is 2.40. The van der Waals surface area contributed by atoms with Crippen molar-refractivity contribution in [3.8, 4) is 27.9 Å². The fourth-order valence-corrected chi connectivity index (χ4v) is 6.34. The van der Waals surface area contributed by atoms with Crippen LogP contribution in [0.25, 0.3) is 49.7 Å². The van der Waals surface area contributed by atoms with Crippen LogP contribution < -0.4 is 4.90 Å². The number of para-hydroxylation sites is 3. The van der Waals surface area contributed by atoms with Crippen LogP contribution in [-0.4, -0.2) is 4.57 Å². The molecule has 44 heavy (non-hydrogen) atoms. The van der Waals surface area contributed by atoms with Crippen LogP contribution in [0.1, 0.15) is 0 Å². The first kappa shape index (κ1) is 25.8. The molecule has 0 radical (unpaired) electrons. The van der Waals surface area contributed by atoms with Crippen molar-refractivity contribution in [2.45, 2.75) is 0 Å². The van der Waals surface area contributed by atoms with Crippen molar-refractivity contribution in [1.29, 1.82) is 0 Å². The number of aromatic nitrogens is 1. The lowest BCUT2D eigenvalue weighted by molar-refractivity contribution is 1.18. The van der Waals surface area contributed by atoms with Crippen molar-refractivity contribution in [1.82, 2.24) is 4.57 Å². The van der Waals surface area contributed by atoms with Gasteiger partial charge in [0.15, 0.2) is 0 Å². The highest BCUT2D eigenvalue weighted by Gasteiger charge is 2.23. The van der Waals surface area contributed by atoms with Gasteiger partial charge in [0.25, 0.3) is 0 Å². The lowest BCUT2D eigenvalue weighted by atomic mass is 9.99. The number of benzene rings is 7. The second-order valence-electron chi connectivity index (χ2n) is 11.0. The molecule has 208 valence electrons. The standard InChI is InChI=1S/C42H30N2/c1-6-16-31(17-7-1)33-26-27-38-39(28-33)44(37-24-14-5-15-25-37)41-30-34(32-18-8-2-9-19-32)29-40(42(38)41)43(35-20-10-3-11-21-35)36-22-12-4-13-23-36/h1-30H. The van der Waals surface area contributed by atoms with E-state index in [-0.39, 0.29) is 0 Å². The van der Waals surface area contributed by atoms with E-state index in [1.165, 1.54) is 44.1 Å². The van der Waals surface area contributed by atoms with E-state index in [1.54, 1.807) is 0 Å². The predicted molar refractivity (Wildman–Crippen MR) is 186 cm³/mol. The first-order valence-corrected chi connectivity index (χ1v) is 15.0. The van der Waals surface area contributed by atoms with Gasteiger partial charge in [-0.1, -0.05) is 127 Å². The number of hydrogen-bond donors (Lipinski definition) is 0. The van der Waals surface area contributed by atoms with E-state index in [2.05, 4.69) is 191 Å². The van der Waals surface area contributed by atoms with Crippen molar-refractivity contribution in [3.63, 3.8) is 0 Å². The number of nitrogens with zero attached hydrogens (tertiary/aromatic N) is 2. The highest BCUT2D eigenvalue weighted by Crippen LogP contribution is 2.46. The summed E-state index contributed by atoms with van der Waals surface area (Å²) < 4.78 is 2.43. The second kappa shape index (κ2) is 11.1. The maximum Gasteiger partial charge on any atom is 0.0568 e. The molecule has 0 unspecified atom stereocenters. The van der Waals surface area contributed by atoms with Gasteiger partial charge in [-0.05, 0) is 76.9 Å². The Hall–Kier alpha value is -5.86. The molecule has 0 saturated carbocycles. The molecular weight excluding hydrogens is 532 g/mol. The van der Waals surface area contributed by atoms with Crippen LogP contribution in [0.15, 0.2) is 182 Å². The van der Waals surface area contributed by atoms with Gasteiger partial charge in [0.05, 0.1) is 16.7 Å².